The fourth-order valence-corrected chi connectivity index (χ4v) is 1.86. The first-order chi connectivity index (χ1) is 5.25. The van der Waals surface area contributed by atoms with Crippen LogP contribution in [0.25, 0.3) is 0 Å². The van der Waals surface area contributed by atoms with Crippen molar-refractivity contribution in [2.45, 2.75) is 31.5 Å². The zero-order valence-electron chi connectivity index (χ0n) is 6.61. The van der Waals surface area contributed by atoms with Gasteiger partial charge in [-0.1, -0.05) is 19.3 Å². The quantitative estimate of drug-likeness (QED) is 0.496. The summed E-state index contributed by atoms with van der Waals surface area (Å²) < 4.78 is 0. The molecule has 0 aromatic rings. The van der Waals surface area contributed by atoms with E-state index in [-0.39, 0.29) is 18.3 Å². The van der Waals surface area contributed by atoms with Gasteiger partial charge in [0.15, 0.2) is 0 Å². The highest BCUT2D eigenvalue weighted by Crippen LogP contribution is 2.34. The molecule has 1 saturated carbocycles. The Morgan fingerprint density at radius 3 is 2.27 bits per heavy atom. The zero-order valence-corrected chi connectivity index (χ0v) is 6.61. The standard InChI is InChI=1S/C7H15BO3/c9-5-6-3-1-2-4-7(6)8(10)11/h6-7,9-11H,1-5H2. The molecule has 2 atom stereocenters. The zero-order chi connectivity index (χ0) is 8.27. The van der Waals surface area contributed by atoms with Crippen molar-refractivity contribution in [1.29, 1.82) is 0 Å². The number of hydrogen-bond donors (Lipinski definition) is 3. The number of aliphatic hydroxyl groups is 1. The second-order valence-electron chi connectivity index (χ2n) is 3.30. The lowest BCUT2D eigenvalue weighted by Crippen LogP contribution is -2.31. The predicted octanol–water partition coefficient (Wildman–Crippen LogP) is 0.0119. The van der Waals surface area contributed by atoms with Crippen LogP contribution in [0, 0.1) is 5.92 Å². The predicted molar refractivity (Wildman–Crippen MR) is 43.0 cm³/mol. The van der Waals surface area contributed by atoms with E-state index in [9.17, 15) is 0 Å². The summed E-state index contributed by atoms with van der Waals surface area (Å²) in [5, 5.41) is 26.7. The van der Waals surface area contributed by atoms with Crippen LogP contribution in [-0.4, -0.2) is 28.9 Å². The molecule has 1 fully saturated rings. The second-order valence-corrected chi connectivity index (χ2v) is 3.30. The Labute approximate surface area is 67.2 Å². The van der Waals surface area contributed by atoms with Crippen LogP contribution in [0.15, 0.2) is 0 Å². The van der Waals surface area contributed by atoms with Gasteiger partial charge in [-0.05, 0) is 18.2 Å². The van der Waals surface area contributed by atoms with E-state index in [0.29, 0.717) is 0 Å². The van der Waals surface area contributed by atoms with E-state index in [0.717, 1.165) is 25.7 Å². The van der Waals surface area contributed by atoms with E-state index in [2.05, 4.69) is 0 Å². The second kappa shape index (κ2) is 4.09. The molecule has 0 bridgehead atoms. The molecule has 0 amide bonds. The summed E-state index contributed by atoms with van der Waals surface area (Å²) in [6.45, 7) is 0.0856. The van der Waals surface area contributed by atoms with Crippen LogP contribution in [0.5, 0.6) is 0 Å². The lowest BCUT2D eigenvalue weighted by Gasteiger charge is -2.29. The smallest absolute Gasteiger partial charge is 0.427 e. The molecular formula is C7H15BO3. The van der Waals surface area contributed by atoms with E-state index in [1.54, 1.807) is 0 Å². The lowest BCUT2D eigenvalue weighted by atomic mass is 9.60. The van der Waals surface area contributed by atoms with Gasteiger partial charge in [-0.3, -0.25) is 0 Å². The SMILES string of the molecule is OCC1CCCCC1B(O)O. The van der Waals surface area contributed by atoms with E-state index in [4.69, 9.17) is 15.2 Å². The molecule has 0 saturated heterocycles. The third kappa shape index (κ3) is 2.19. The molecule has 4 heteroatoms. The normalized spacial score (nSPS) is 31.9. The van der Waals surface area contributed by atoms with E-state index in [1.165, 1.54) is 0 Å². The van der Waals surface area contributed by atoms with Gasteiger partial charge >= 0.3 is 7.12 Å². The number of aliphatic hydroxyl groups excluding tert-OH is 1. The van der Waals surface area contributed by atoms with Crippen molar-refractivity contribution >= 4 is 7.12 Å². The van der Waals surface area contributed by atoms with Crippen molar-refractivity contribution in [3.8, 4) is 0 Å². The van der Waals surface area contributed by atoms with Gasteiger partial charge in [-0.15, -0.1) is 0 Å². The van der Waals surface area contributed by atoms with Crippen LogP contribution >= 0.6 is 0 Å². The van der Waals surface area contributed by atoms with Crippen LogP contribution in [0.1, 0.15) is 25.7 Å². The van der Waals surface area contributed by atoms with Crippen LogP contribution in [0.2, 0.25) is 5.82 Å². The molecular weight excluding hydrogens is 143 g/mol. The molecule has 0 radical (unpaired) electrons. The van der Waals surface area contributed by atoms with Crippen molar-refractivity contribution in [1.82, 2.24) is 0 Å². The van der Waals surface area contributed by atoms with E-state index in [1.807, 2.05) is 0 Å². The number of hydrogen-bond acceptors (Lipinski definition) is 3. The average Bonchev–Trinajstić information content (AvgIpc) is 2.04. The molecule has 0 aromatic heterocycles. The van der Waals surface area contributed by atoms with Gasteiger partial charge in [0.05, 0.1) is 0 Å². The fourth-order valence-electron chi connectivity index (χ4n) is 1.86. The molecule has 1 aliphatic rings. The van der Waals surface area contributed by atoms with Crippen LogP contribution in [-0.2, 0) is 0 Å². The Morgan fingerprint density at radius 1 is 1.18 bits per heavy atom. The Morgan fingerprint density at radius 2 is 1.82 bits per heavy atom. The van der Waals surface area contributed by atoms with Gasteiger partial charge in [0, 0.05) is 6.61 Å². The molecule has 3 N–H and O–H groups in total. The minimum Gasteiger partial charge on any atom is -0.427 e. The van der Waals surface area contributed by atoms with Gasteiger partial charge in [0.1, 0.15) is 0 Å². The first-order valence-corrected chi connectivity index (χ1v) is 4.22. The summed E-state index contributed by atoms with van der Waals surface area (Å²) in [6, 6.07) is 0. The molecule has 11 heavy (non-hydrogen) atoms. The highest BCUT2D eigenvalue weighted by atomic mass is 16.4. The fraction of sp³-hybridized carbons (Fsp3) is 1.00. The van der Waals surface area contributed by atoms with E-state index < -0.39 is 7.12 Å². The highest BCUT2D eigenvalue weighted by molar-refractivity contribution is 6.43. The van der Waals surface area contributed by atoms with Gasteiger partial charge in [0.2, 0.25) is 0 Å². The molecule has 0 aromatic carbocycles. The molecule has 1 aliphatic carbocycles. The van der Waals surface area contributed by atoms with E-state index >= 15 is 0 Å². The summed E-state index contributed by atoms with van der Waals surface area (Å²) >= 11 is 0. The van der Waals surface area contributed by atoms with Gasteiger partial charge in [-0.25, -0.2) is 0 Å². The molecule has 0 aliphatic heterocycles. The Kier molecular flexibility index (Phi) is 3.36. The van der Waals surface area contributed by atoms with Gasteiger partial charge < -0.3 is 15.2 Å². The molecule has 0 spiro atoms. The topological polar surface area (TPSA) is 60.7 Å². The van der Waals surface area contributed by atoms with Crippen LogP contribution in [0.4, 0.5) is 0 Å². The minimum atomic E-state index is -1.24. The third-order valence-corrected chi connectivity index (χ3v) is 2.59. The first kappa shape index (κ1) is 9.04. The van der Waals surface area contributed by atoms with Crippen LogP contribution < -0.4 is 0 Å². The van der Waals surface area contributed by atoms with Gasteiger partial charge in [-0.2, -0.15) is 0 Å². The summed E-state index contributed by atoms with van der Waals surface area (Å²) in [5.41, 5.74) is 0. The molecule has 3 nitrogen and oxygen atoms in total. The summed E-state index contributed by atoms with van der Waals surface area (Å²) in [5.74, 6) is -0.00231. The highest BCUT2D eigenvalue weighted by Gasteiger charge is 2.32. The van der Waals surface area contributed by atoms with Crippen molar-refractivity contribution in [2.75, 3.05) is 6.61 Å². The lowest BCUT2D eigenvalue weighted by molar-refractivity contribution is 0.174. The molecule has 1 rings (SSSR count). The largest absolute Gasteiger partial charge is 0.455 e. The van der Waals surface area contributed by atoms with Crippen molar-refractivity contribution in [2.24, 2.45) is 5.92 Å². The Balaban J connectivity index is 2.44. The minimum absolute atomic E-state index is 0.0856. The van der Waals surface area contributed by atoms with Crippen molar-refractivity contribution < 1.29 is 15.2 Å². The molecule has 2 unspecified atom stereocenters. The Bertz CT molecular complexity index is 118. The van der Waals surface area contributed by atoms with Crippen LogP contribution in [0.3, 0.4) is 0 Å². The first-order valence-electron chi connectivity index (χ1n) is 4.22. The average molecular weight is 158 g/mol. The van der Waals surface area contributed by atoms with Gasteiger partial charge in [0.25, 0.3) is 0 Å². The molecule has 0 heterocycles. The van der Waals surface area contributed by atoms with Crippen molar-refractivity contribution in [3.05, 3.63) is 0 Å². The third-order valence-electron chi connectivity index (χ3n) is 2.59. The summed E-state index contributed by atoms with van der Waals surface area (Å²) in [6.07, 6.45) is 3.93. The monoisotopic (exact) mass is 158 g/mol. The Hall–Kier alpha value is -0.0551. The summed E-state index contributed by atoms with van der Waals surface area (Å²) in [4.78, 5) is 0. The van der Waals surface area contributed by atoms with Crippen molar-refractivity contribution in [3.63, 3.8) is 0 Å². The maximum absolute atomic E-state index is 8.92. The maximum atomic E-state index is 8.92. The summed E-state index contributed by atoms with van der Waals surface area (Å²) in [7, 11) is -1.24. The maximum Gasteiger partial charge on any atom is 0.455 e. The number of rotatable bonds is 2. The molecule has 64 valence electrons.